The predicted octanol–water partition coefficient (Wildman–Crippen LogP) is 0.252. The van der Waals surface area contributed by atoms with Crippen LogP contribution in [-0.2, 0) is 4.84 Å². The van der Waals surface area contributed by atoms with Gasteiger partial charge in [0, 0.05) is 0 Å². The van der Waals surface area contributed by atoms with E-state index in [1.54, 1.807) is 5.48 Å². The van der Waals surface area contributed by atoms with Crippen molar-refractivity contribution in [1.29, 1.82) is 0 Å². The summed E-state index contributed by atoms with van der Waals surface area (Å²) < 4.78 is 35.5. The summed E-state index contributed by atoms with van der Waals surface area (Å²) in [4.78, 5) is 4.11. The van der Waals surface area contributed by atoms with E-state index < -0.39 is 11.8 Å². The Hall–Kier alpha value is -0.750. The van der Waals surface area contributed by atoms with E-state index in [-0.39, 0.29) is 0 Å². The summed E-state index contributed by atoms with van der Waals surface area (Å²) in [7, 11) is 0. The van der Waals surface area contributed by atoms with Crippen LogP contribution in [0, 0.1) is 0 Å². The third-order valence-electron chi connectivity index (χ3n) is 1.10. The number of hydroxylamine groups is 1. The second-order valence-corrected chi connectivity index (χ2v) is 1.89. The molecule has 0 aliphatic carbocycles. The Labute approximate surface area is 54.6 Å². The molecule has 0 saturated heterocycles. The second kappa shape index (κ2) is 1.86. The predicted molar refractivity (Wildman–Crippen MR) is 26.3 cm³/mol. The third kappa shape index (κ3) is 0.952. The Morgan fingerprint density at radius 1 is 1.50 bits per heavy atom. The van der Waals surface area contributed by atoms with Gasteiger partial charge in [-0.15, -0.1) is 5.48 Å². The van der Waals surface area contributed by atoms with E-state index in [0.717, 1.165) is 6.26 Å². The fourth-order valence-corrected chi connectivity index (χ4v) is 0.459. The highest BCUT2D eigenvalue weighted by molar-refractivity contribution is 5.07. The zero-order valence-electron chi connectivity index (χ0n) is 4.77. The molecule has 1 unspecified atom stereocenters. The molecule has 0 amide bonds. The average molecular weight is 154 g/mol. The van der Waals surface area contributed by atoms with Crippen molar-refractivity contribution in [2.45, 2.75) is 11.8 Å². The molecule has 3 nitrogen and oxygen atoms in total. The van der Waals surface area contributed by atoms with E-state index in [2.05, 4.69) is 4.84 Å². The molecule has 3 N–H and O–H groups in total. The van der Waals surface area contributed by atoms with Crippen molar-refractivity contribution in [1.82, 2.24) is 5.48 Å². The van der Waals surface area contributed by atoms with Gasteiger partial charge in [-0.25, -0.2) is 0 Å². The van der Waals surface area contributed by atoms with Gasteiger partial charge in [0.25, 0.3) is 0 Å². The maximum absolute atomic E-state index is 11.8. The van der Waals surface area contributed by atoms with Crippen molar-refractivity contribution in [3.05, 3.63) is 12.3 Å². The number of nitrogens with one attached hydrogen (secondary N) is 1. The standard InChI is InChI=1S/C4H5F3N2O/c5-4(6,7)3(8)1-2-10-9-3/h1-2,9H,8H2. The average Bonchev–Trinajstić information content (AvgIpc) is 2.13. The molecule has 0 radical (unpaired) electrons. The van der Waals surface area contributed by atoms with Gasteiger partial charge in [-0.2, -0.15) is 13.2 Å². The molecular weight excluding hydrogens is 149 g/mol. The third-order valence-corrected chi connectivity index (χ3v) is 1.10. The number of hydrogen-bond donors (Lipinski definition) is 2. The molecule has 0 spiro atoms. The fourth-order valence-electron chi connectivity index (χ4n) is 0.459. The summed E-state index contributed by atoms with van der Waals surface area (Å²) in [6, 6.07) is 0. The maximum atomic E-state index is 11.8. The summed E-state index contributed by atoms with van der Waals surface area (Å²) in [6.07, 6.45) is -2.97. The van der Waals surface area contributed by atoms with Crippen molar-refractivity contribution >= 4 is 0 Å². The highest BCUT2D eigenvalue weighted by Crippen LogP contribution is 2.29. The number of rotatable bonds is 0. The first-order valence-electron chi connectivity index (χ1n) is 2.42. The zero-order valence-corrected chi connectivity index (χ0v) is 4.77. The van der Waals surface area contributed by atoms with Crippen molar-refractivity contribution in [3.8, 4) is 0 Å². The minimum absolute atomic E-state index is 0.701. The van der Waals surface area contributed by atoms with Crippen molar-refractivity contribution < 1.29 is 18.0 Å². The molecule has 1 atom stereocenters. The smallest absolute Gasteiger partial charge is 0.414 e. The van der Waals surface area contributed by atoms with E-state index in [4.69, 9.17) is 5.73 Å². The van der Waals surface area contributed by atoms with E-state index in [0.29, 0.717) is 6.08 Å². The number of halogens is 3. The minimum atomic E-state index is -4.53. The van der Waals surface area contributed by atoms with Gasteiger partial charge >= 0.3 is 6.18 Å². The molecule has 0 saturated carbocycles. The topological polar surface area (TPSA) is 47.3 Å². The Kier molecular flexibility index (Phi) is 1.37. The van der Waals surface area contributed by atoms with Crippen LogP contribution in [-0.4, -0.2) is 11.8 Å². The number of hydrogen-bond acceptors (Lipinski definition) is 3. The largest absolute Gasteiger partial charge is 0.426 e. The van der Waals surface area contributed by atoms with Gasteiger partial charge < -0.3 is 4.84 Å². The lowest BCUT2D eigenvalue weighted by Crippen LogP contribution is -2.59. The Bertz CT molecular complexity index is 166. The van der Waals surface area contributed by atoms with E-state index in [1.165, 1.54) is 0 Å². The van der Waals surface area contributed by atoms with Gasteiger partial charge in [-0.1, -0.05) is 0 Å². The Balaban J connectivity index is 2.78. The molecule has 0 bridgehead atoms. The maximum Gasteiger partial charge on any atom is 0.426 e. The monoisotopic (exact) mass is 154 g/mol. The second-order valence-electron chi connectivity index (χ2n) is 1.89. The molecule has 1 aliphatic rings. The fraction of sp³-hybridized carbons (Fsp3) is 0.500. The quantitative estimate of drug-likeness (QED) is 0.525. The van der Waals surface area contributed by atoms with Gasteiger partial charge in [0.15, 0.2) is 0 Å². The van der Waals surface area contributed by atoms with Gasteiger partial charge in [0.2, 0.25) is 5.66 Å². The summed E-state index contributed by atoms with van der Waals surface area (Å²) in [6.45, 7) is 0. The molecule has 0 fully saturated rings. The summed E-state index contributed by atoms with van der Waals surface area (Å²) >= 11 is 0. The Morgan fingerprint density at radius 3 is 2.30 bits per heavy atom. The Morgan fingerprint density at radius 2 is 2.10 bits per heavy atom. The lowest BCUT2D eigenvalue weighted by molar-refractivity contribution is -0.196. The van der Waals surface area contributed by atoms with Gasteiger partial charge in [0.1, 0.15) is 6.26 Å². The minimum Gasteiger partial charge on any atom is -0.414 e. The first kappa shape index (κ1) is 7.36. The van der Waals surface area contributed by atoms with Crippen molar-refractivity contribution in [2.75, 3.05) is 0 Å². The molecule has 0 aromatic carbocycles. The van der Waals surface area contributed by atoms with Crippen LogP contribution in [0.2, 0.25) is 0 Å². The van der Waals surface area contributed by atoms with Crippen LogP contribution in [0.15, 0.2) is 12.3 Å². The number of alkyl halides is 3. The normalized spacial score (nSPS) is 32.4. The zero-order chi connectivity index (χ0) is 7.83. The lowest BCUT2D eigenvalue weighted by Gasteiger charge is -2.23. The van der Waals surface area contributed by atoms with Gasteiger partial charge in [-0.05, 0) is 6.08 Å². The molecule has 58 valence electrons. The van der Waals surface area contributed by atoms with Crippen LogP contribution >= 0.6 is 0 Å². The molecule has 0 aromatic heterocycles. The van der Waals surface area contributed by atoms with Crippen LogP contribution in [0.3, 0.4) is 0 Å². The van der Waals surface area contributed by atoms with Crippen LogP contribution in [0.25, 0.3) is 0 Å². The summed E-state index contributed by atoms with van der Waals surface area (Å²) in [5, 5.41) is 0. The molecule has 1 aliphatic heterocycles. The summed E-state index contributed by atoms with van der Waals surface area (Å²) in [5.41, 5.74) is 3.88. The molecular formula is C4H5F3N2O. The highest BCUT2D eigenvalue weighted by Gasteiger charge is 2.53. The first-order valence-corrected chi connectivity index (χ1v) is 2.42. The van der Waals surface area contributed by atoms with Crippen LogP contribution < -0.4 is 11.2 Å². The molecule has 10 heavy (non-hydrogen) atoms. The molecule has 0 aromatic rings. The van der Waals surface area contributed by atoms with E-state index in [9.17, 15) is 13.2 Å². The number of nitrogens with two attached hydrogens (primary N) is 1. The molecule has 1 rings (SSSR count). The first-order chi connectivity index (χ1) is 4.46. The SMILES string of the molecule is NC1(C(F)(F)F)C=CON1. The van der Waals surface area contributed by atoms with E-state index in [1.807, 2.05) is 0 Å². The molecule has 1 heterocycles. The summed E-state index contributed by atoms with van der Waals surface area (Å²) in [5.74, 6) is 0. The molecule has 6 heteroatoms. The van der Waals surface area contributed by atoms with E-state index >= 15 is 0 Å². The highest BCUT2D eigenvalue weighted by atomic mass is 19.4. The van der Waals surface area contributed by atoms with Crippen molar-refractivity contribution in [3.63, 3.8) is 0 Å². The van der Waals surface area contributed by atoms with Gasteiger partial charge in [0.05, 0.1) is 0 Å². The lowest BCUT2D eigenvalue weighted by atomic mass is 10.2. The van der Waals surface area contributed by atoms with Crippen molar-refractivity contribution in [2.24, 2.45) is 5.73 Å². The van der Waals surface area contributed by atoms with Crippen LogP contribution in [0.5, 0.6) is 0 Å². The van der Waals surface area contributed by atoms with Crippen LogP contribution in [0.1, 0.15) is 0 Å². The van der Waals surface area contributed by atoms with Crippen LogP contribution in [0.4, 0.5) is 13.2 Å². The van der Waals surface area contributed by atoms with Gasteiger partial charge in [-0.3, -0.25) is 5.73 Å².